The zero-order chi connectivity index (χ0) is 16.4. The molecule has 6 nitrogen and oxygen atoms in total. The SMILES string of the molecule is CCN(CC)CCNC(=O)Nc1ccccc1CC(=O)NC. The third-order valence-electron chi connectivity index (χ3n) is 3.50. The van der Waals surface area contributed by atoms with Crippen molar-refractivity contribution in [2.75, 3.05) is 38.5 Å². The average Bonchev–Trinajstić information content (AvgIpc) is 2.53. The number of anilines is 1. The third kappa shape index (κ3) is 6.13. The van der Waals surface area contributed by atoms with Crippen LogP contribution in [0.15, 0.2) is 24.3 Å². The number of nitrogens with one attached hydrogen (secondary N) is 3. The third-order valence-corrected chi connectivity index (χ3v) is 3.50. The van der Waals surface area contributed by atoms with E-state index in [1.165, 1.54) is 0 Å². The van der Waals surface area contributed by atoms with Crippen LogP contribution in [-0.4, -0.2) is 50.1 Å². The lowest BCUT2D eigenvalue weighted by Crippen LogP contribution is -2.37. The number of para-hydroxylation sites is 1. The van der Waals surface area contributed by atoms with Crippen molar-refractivity contribution >= 4 is 17.6 Å². The first kappa shape index (κ1) is 18.0. The highest BCUT2D eigenvalue weighted by molar-refractivity contribution is 5.91. The van der Waals surface area contributed by atoms with Gasteiger partial charge in [0.15, 0.2) is 0 Å². The predicted molar refractivity (Wildman–Crippen MR) is 89.0 cm³/mol. The standard InChI is InChI=1S/C16H26N4O2/c1-4-20(5-2)11-10-18-16(22)19-14-9-7-6-8-13(14)12-15(21)17-3/h6-9H,4-5,10-12H2,1-3H3,(H,17,21)(H2,18,19,22). The molecule has 0 aliphatic carbocycles. The van der Waals surface area contributed by atoms with E-state index in [9.17, 15) is 9.59 Å². The van der Waals surface area contributed by atoms with Crippen LogP contribution >= 0.6 is 0 Å². The summed E-state index contributed by atoms with van der Waals surface area (Å²) in [5.74, 6) is -0.0869. The fraction of sp³-hybridized carbons (Fsp3) is 0.500. The number of nitrogens with zero attached hydrogens (tertiary/aromatic N) is 1. The molecule has 0 spiro atoms. The molecular formula is C16H26N4O2. The van der Waals surface area contributed by atoms with E-state index >= 15 is 0 Å². The molecule has 0 atom stereocenters. The zero-order valence-electron chi connectivity index (χ0n) is 13.6. The Bertz CT molecular complexity index is 487. The van der Waals surface area contributed by atoms with E-state index < -0.39 is 0 Å². The number of hydrogen-bond acceptors (Lipinski definition) is 3. The smallest absolute Gasteiger partial charge is 0.319 e. The molecule has 0 bridgehead atoms. The second-order valence-corrected chi connectivity index (χ2v) is 4.91. The molecule has 1 aromatic carbocycles. The van der Waals surface area contributed by atoms with E-state index in [0.29, 0.717) is 12.2 Å². The maximum absolute atomic E-state index is 11.9. The molecule has 0 aliphatic heterocycles. The van der Waals surface area contributed by atoms with E-state index in [-0.39, 0.29) is 18.4 Å². The molecule has 6 heteroatoms. The highest BCUT2D eigenvalue weighted by Crippen LogP contribution is 2.15. The topological polar surface area (TPSA) is 73.5 Å². The van der Waals surface area contributed by atoms with Crippen molar-refractivity contribution in [3.8, 4) is 0 Å². The highest BCUT2D eigenvalue weighted by Gasteiger charge is 2.09. The van der Waals surface area contributed by atoms with Crippen LogP contribution in [0.1, 0.15) is 19.4 Å². The second-order valence-electron chi connectivity index (χ2n) is 4.91. The molecule has 0 aliphatic rings. The van der Waals surface area contributed by atoms with Gasteiger partial charge in [-0.05, 0) is 24.7 Å². The van der Waals surface area contributed by atoms with Gasteiger partial charge in [-0.15, -0.1) is 0 Å². The van der Waals surface area contributed by atoms with Gasteiger partial charge in [-0.25, -0.2) is 4.79 Å². The van der Waals surface area contributed by atoms with Crippen LogP contribution in [0.2, 0.25) is 0 Å². The van der Waals surface area contributed by atoms with Gasteiger partial charge in [-0.3, -0.25) is 4.79 Å². The summed E-state index contributed by atoms with van der Waals surface area (Å²) in [7, 11) is 1.60. The van der Waals surface area contributed by atoms with Crippen LogP contribution in [0.3, 0.4) is 0 Å². The number of carbonyl (C=O) groups excluding carboxylic acids is 2. The highest BCUT2D eigenvalue weighted by atomic mass is 16.2. The minimum atomic E-state index is -0.253. The average molecular weight is 306 g/mol. The first-order valence-electron chi connectivity index (χ1n) is 7.66. The van der Waals surface area contributed by atoms with Crippen molar-refractivity contribution in [3.05, 3.63) is 29.8 Å². The summed E-state index contributed by atoms with van der Waals surface area (Å²) in [6.07, 6.45) is 0.242. The van der Waals surface area contributed by atoms with Gasteiger partial charge >= 0.3 is 6.03 Å². The Morgan fingerprint density at radius 1 is 1.14 bits per heavy atom. The van der Waals surface area contributed by atoms with E-state index in [1.807, 2.05) is 18.2 Å². The quantitative estimate of drug-likeness (QED) is 0.680. The van der Waals surface area contributed by atoms with Crippen LogP contribution in [0, 0.1) is 0 Å². The number of carbonyl (C=O) groups is 2. The molecule has 0 saturated heterocycles. The molecular weight excluding hydrogens is 280 g/mol. The zero-order valence-corrected chi connectivity index (χ0v) is 13.6. The lowest BCUT2D eigenvalue weighted by atomic mass is 10.1. The van der Waals surface area contributed by atoms with Crippen molar-refractivity contribution in [2.45, 2.75) is 20.3 Å². The van der Waals surface area contributed by atoms with E-state index in [1.54, 1.807) is 13.1 Å². The van der Waals surface area contributed by atoms with E-state index in [0.717, 1.165) is 25.2 Å². The van der Waals surface area contributed by atoms with Crippen molar-refractivity contribution in [2.24, 2.45) is 0 Å². The van der Waals surface area contributed by atoms with Gasteiger partial charge in [0.25, 0.3) is 0 Å². The Labute approximate surface area is 132 Å². The number of hydrogen-bond donors (Lipinski definition) is 3. The number of amides is 3. The van der Waals surface area contributed by atoms with Crippen molar-refractivity contribution < 1.29 is 9.59 Å². The Kier molecular flexibility index (Phi) is 7.99. The monoisotopic (exact) mass is 306 g/mol. The van der Waals surface area contributed by atoms with E-state index in [4.69, 9.17) is 0 Å². The van der Waals surface area contributed by atoms with Gasteiger partial charge in [0.2, 0.25) is 5.91 Å². The van der Waals surface area contributed by atoms with Gasteiger partial charge in [-0.2, -0.15) is 0 Å². The maximum atomic E-state index is 11.9. The second kappa shape index (κ2) is 9.78. The van der Waals surface area contributed by atoms with Gasteiger partial charge in [0.1, 0.15) is 0 Å². The molecule has 122 valence electrons. The first-order chi connectivity index (χ1) is 10.6. The molecule has 0 aromatic heterocycles. The minimum absolute atomic E-state index is 0.0869. The largest absolute Gasteiger partial charge is 0.359 e. The van der Waals surface area contributed by atoms with Gasteiger partial charge in [-0.1, -0.05) is 32.0 Å². The summed E-state index contributed by atoms with van der Waals surface area (Å²) in [4.78, 5) is 25.7. The number of urea groups is 1. The molecule has 0 fully saturated rings. The molecule has 22 heavy (non-hydrogen) atoms. The molecule has 3 amide bonds. The van der Waals surface area contributed by atoms with Crippen LogP contribution < -0.4 is 16.0 Å². The van der Waals surface area contributed by atoms with Gasteiger partial charge in [0.05, 0.1) is 6.42 Å². The summed E-state index contributed by atoms with van der Waals surface area (Å²) in [6, 6.07) is 7.06. The minimum Gasteiger partial charge on any atom is -0.359 e. The molecule has 1 rings (SSSR count). The van der Waals surface area contributed by atoms with Crippen molar-refractivity contribution in [1.82, 2.24) is 15.5 Å². The fourth-order valence-electron chi connectivity index (χ4n) is 2.09. The summed E-state index contributed by atoms with van der Waals surface area (Å²) in [5.41, 5.74) is 1.45. The fourth-order valence-corrected chi connectivity index (χ4v) is 2.09. The summed E-state index contributed by atoms with van der Waals surface area (Å²) in [6.45, 7) is 7.53. The van der Waals surface area contributed by atoms with Crippen molar-refractivity contribution in [1.29, 1.82) is 0 Å². The molecule has 0 radical (unpaired) electrons. The van der Waals surface area contributed by atoms with Gasteiger partial charge in [0, 0.05) is 25.8 Å². The predicted octanol–water partition coefficient (Wildman–Crippen LogP) is 1.44. The Morgan fingerprint density at radius 3 is 2.45 bits per heavy atom. The summed E-state index contributed by atoms with van der Waals surface area (Å²) >= 11 is 0. The number of likely N-dealkylation sites (N-methyl/N-ethyl adjacent to an activating group) is 2. The molecule has 3 N–H and O–H groups in total. The Hall–Kier alpha value is -2.08. The number of benzene rings is 1. The van der Waals surface area contributed by atoms with E-state index in [2.05, 4.69) is 34.7 Å². The molecule has 0 unspecified atom stereocenters. The number of rotatable bonds is 8. The Balaban J connectivity index is 2.52. The molecule has 0 heterocycles. The molecule has 0 saturated carbocycles. The van der Waals surface area contributed by atoms with Crippen molar-refractivity contribution in [3.63, 3.8) is 0 Å². The lowest BCUT2D eigenvalue weighted by molar-refractivity contribution is -0.119. The van der Waals surface area contributed by atoms with Crippen LogP contribution in [0.4, 0.5) is 10.5 Å². The summed E-state index contributed by atoms with van der Waals surface area (Å²) in [5, 5.41) is 8.21. The van der Waals surface area contributed by atoms with Crippen LogP contribution in [0.5, 0.6) is 0 Å². The maximum Gasteiger partial charge on any atom is 0.319 e. The first-order valence-corrected chi connectivity index (χ1v) is 7.66. The Morgan fingerprint density at radius 2 is 1.82 bits per heavy atom. The molecule has 1 aromatic rings. The normalized spacial score (nSPS) is 10.4. The lowest BCUT2D eigenvalue weighted by Gasteiger charge is -2.18. The van der Waals surface area contributed by atoms with Crippen LogP contribution in [-0.2, 0) is 11.2 Å². The van der Waals surface area contributed by atoms with Gasteiger partial charge < -0.3 is 20.9 Å². The van der Waals surface area contributed by atoms with Crippen LogP contribution in [0.25, 0.3) is 0 Å². The summed E-state index contributed by atoms with van der Waals surface area (Å²) < 4.78 is 0.